The highest BCUT2D eigenvalue weighted by Gasteiger charge is 2.14. The first kappa shape index (κ1) is 16.1. The van der Waals surface area contributed by atoms with Crippen LogP contribution in [0.5, 0.6) is 5.75 Å². The summed E-state index contributed by atoms with van der Waals surface area (Å²) in [5.74, 6) is 0.505. The maximum absolute atomic E-state index is 11.6. The molecule has 1 aromatic carbocycles. The van der Waals surface area contributed by atoms with Gasteiger partial charge in [-0.3, -0.25) is 9.63 Å². The van der Waals surface area contributed by atoms with E-state index in [0.29, 0.717) is 16.5 Å². The predicted octanol–water partition coefficient (Wildman–Crippen LogP) is 1.53. The smallest absolute Gasteiger partial charge is 0.284 e. The Balaban J connectivity index is 2.30. The Hall–Kier alpha value is -0.950. The van der Waals surface area contributed by atoms with Crippen molar-refractivity contribution in [3.05, 3.63) is 29.3 Å². The molecule has 0 heterocycles. The fourth-order valence-corrected chi connectivity index (χ4v) is 1.58. The van der Waals surface area contributed by atoms with Gasteiger partial charge in [-0.1, -0.05) is 22.8 Å². The summed E-state index contributed by atoms with van der Waals surface area (Å²) < 4.78 is 16.2. The Kier molecular flexibility index (Phi) is 7.01. The lowest BCUT2D eigenvalue weighted by Crippen LogP contribution is -2.37. The molecule has 0 aromatic heterocycles. The average molecular weight is 306 g/mol. The van der Waals surface area contributed by atoms with Crippen molar-refractivity contribution in [2.75, 3.05) is 18.6 Å². The molecule has 1 aromatic rings. The van der Waals surface area contributed by atoms with E-state index < -0.39 is 23.2 Å². The molecule has 106 valence electrons. The standard InChI is InChI=1S/C12H16ClNO4S/c1-9(12(15)14-17-7-8-19(2)16)18-11-5-3-10(13)4-6-11/h3-6,9H,7-8H2,1-2H3,(H,14,15). The van der Waals surface area contributed by atoms with Gasteiger partial charge in [-0.25, -0.2) is 5.48 Å². The van der Waals surface area contributed by atoms with E-state index in [2.05, 4.69) is 5.48 Å². The monoisotopic (exact) mass is 305 g/mol. The molecular weight excluding hydrogens is 290 g/mol. The van der Waals surface area contributed by atoms with Crippen molar-refractivity contribution in [1.29, 1.82) is 0 Å². The van der Waals surface area contributed by atoms with Gasteiger partial charge in [-0.05, 0) is 31.2 Å². The number of hydrogen-bond acceptors (Lipinski definition) is 4. The normalized spacial score (nSPS) is 13.7. The third kappa shape index (κ3) is 6.68. The maximum Gasteiger partial charge on any atom is 0.284 e. The zero-order valence-electron chi connectivity index (χ0n) is 10.7. The number of carbonyl (C=O) groups is 1. The number of ether oxygens (including phenoxy) is 1. The number of hydroxylamine groups is 1. The second kappa shape index (κ2) is 8.27. The highest BCUT2D eigenvalue weighted by molar-refractivity contribution is 7.90. The number of halogens is 1. The third-order valence-corrected chi connectivity index (χ3v) is 3.13. The van der Waals surface area contributed by atoms with Crippen molar-refractivity contribution >= 4 is 28.7 Å². The summed E-state index contributed by atoms with van der Waals surface area (Å²) in [6.45, 7) is 1.80. The lowest BCUT2D eigenvalue weighted by molar-refractivity contribution is -0.139. The Morgan fingerprint density at radius 3 is 2.68 bits per heavy atom. The van der Waals surface area contributed by atoms with Crippen molar-refractivity contribution in [3.63, 3.8) is 0 Å². The minimum atomic E-state index is -0.945. The fourth-order valence-electron chi connectivity index (χ4n) is 1.13. The number of hydrogen-bond donors (Lipinski definition) is 1. The predicted molar refractivity (Wildman–Crippen MR) is 74.6 cm³/mol. The van der Waals surface area contributed by atoms with E-state index in [1.807, 2.05) is 0 Å². The molecule has 2 unspecified atom stereocenters. The Labute approximate surface area is 120 Å². The van der Waals surface area contributed by atoms with Crippen molar-refractivity contribution < 1.29 is 18.9 Å². The van der Waals surface area contributed by atoms with Crippen LogP contribution >= 0.6 is 11.6 Å². The molecule has 0 spiro atoms. The summed E-state index contributed by atoms with van der Waals surface area (Å²) in [5, 5.41) is 0.598. The van der Waals surface area contributed by atoms with Crippen molar-refractivity contribution in [2.24, 2.45) is 0 Å². The number of carbonyl (C=O) groups excluding carboxylic acids is 1. The van der Waals surface area contributed by atoms with Gasteiger partial charge in [0.05, 0.1) is 6.26 Å². The van der Waals surface area contributed by atoms with Crippen molar-refractivity contribution in [3.8, 4) is 5.75 Å². The average Bonchev–Trinajstić information content (AvgIpc) is 2.36. The quantitative estimate of drug-likeness (QED) is 0.471. The third-order valence-electron chi connectivity index (χ3n) is 2.14. The number of amides is 1. The molecule has 2 atom stereocenters. The molecule has 0 saturated heterocycles. The number of benzene rings is 1. The molecule has 0 aliphatic carbocycles. The van der Waals surface area contributed by atoms with Crippen LogP contribution in [0, 0.1) is 0 Å². The molecule has 0 aliphatic rings. The summed E-state index contributed by atoms with van der Waals surface area (Å²) in [5.41, 5.74) is 2.24. The van der Waals surface area contributed by atoms with Crippen LogP contribution in [0.15, 0.2) is 24.3 Å². The second-order valence-corrected chi connectivity index (χ2v) is 5.80. The minimum Gasteiger partial charge on any atom is -0.616 e. The number of rotatable bonds is 7. The molecule has 0 radical (unpaired) electrons. The molecule has 5 nitrogen and oxygen atoms in total. The van der Waals surface area contributed by atoms with Crippen LogP contribution in [-0.4, -0.2) is 35.2 Å². The van der Waals surface area contributed by atoms with E-state index in [4.69, 9.17) is 21.2 Å². The van der Waals surface area contributed by atoms with Gasteiger partial charge in [0.1, 0.15) is 18.1 Å². The largest absolute Gasteiger partial charge is 0.616 e. The highest BCUT2D eigenvalue weighted by atomic mass is 35.5. The van der Waals surface area contributed by atoms with Crippen LogP contribution in [0.2, 0.25) is 5.02 Å². The second-order valence-electron chi connectivity index (χ2n) is 3.81. The van der Waals surface area contributed by atoms with Crippen LogP contribution in [0.3, 0.4) is 0 Å². The zero-order chi connectivity index (χ0) is 14.3. The zero-order valence-corrected chi connectivity index (χ0v) is 12.3. The lowest BCUT2D eigenvalue weighted by atomic mass is 10.3. The molecule has 0 aliphatic heterocycles. The fraction of sp³-hybridized carbons (Fsp3) is 0.417. The van der Waals surface area contributed by atoms with E-state index >= 15 is 0 Å². The van der Waals surface area contributed by atoms with E-state index in [-0.39, 0.29) is 6.61 Å². The number of nitrogens with one attached hydrogen (secondary N) is 1. The summed E-state index contributed by atoms with van der Waals surface area (Å²) >= 11 is 4.80. The minimum absolute atomic E-state index is 0.197. The van der Waals surface area contributed by atoms with Gasteiger partial charge in [0.2, 0.25) is 0 Å². The van der Waals surface area contributed by atoms with Crippen LogP contribution in [-0.2, 0) is 20.8 Å². The van der Waals surface area contributed by atoms with Crippen LogP contribution in [0.4, 0.5) is 0 Å². The molecule has 0 saturated carbocycles. The van der Waals surface area contributed by atoms with Gasteiger partial charge in [0.15, 0.2) is 6.10 Å². The molecule has 1 amide bonds. The first-order chi connectivity index (χ1) is 8.99. The van der Waals surface area contributed by atoms with E-state index in [1.165, 1.54) is 0 Å². The molecule has 0 fully saturated rings. The summed E-state index contributed by atoms with van der Waals surface area (Å²) in [4.78, 5) is 16.5. The highest BCUT2D eigenvalue weighted by Crippen LogP contribution is 2.16. The van der Waals surface area contributed by atoms with Gasteiger partial charge in [-0.15, -0.1) is 0 Å². The Bertz CT molecular complexity index is 399. The molecular formula is C12H16ClNO4S. The van der Waals surface area contributed by atoms with Crippen molar-refractivity contribution in [1.82, 2.24) is 5.48 Å². The first-order valence-corrected chi connectivity index (χ1v) is 7.73. The van der Waals surface area contributed by atoms with E-state index in [1.54, 1.807) is 37.4 Å². The maximum atomic E-state index is 11.6. The van der Waals surface area contributed by atoms with Gasteiger partial charge < -0.3 is 9.29 Å². The van der Waals surface area contributed by atoms with Gasteiger partial charge >= 0.3 is 0 Å². The molecule has 19 heavy (non-hydrogen) atoms. The Morgan fingerprint density at radius 1 is 1.47 bits per heavy atom. The molecule has 1 rings (SSSR count). The summed E-state index contributed by atoms with van der Waals surface area (Å²) in [6, 6.07) is 6.70. The lowest BCUT2D eigenvalue weighted by Gasteiger charge is -2.14. The van der Waals surface area contributed by atoms with Gasteiger partial charge in [0, 0.05) is 5.02 Å². The first-order valence-electron chi connectivity index (χ1n) is 5.63. The summed E-state index contributed by atoms with van der Waals surface area (Å²) in [7, 11) is 0. The SMILES string of the molecule is CC(Oc1ccc(Cl)cc1)C(=O)NOCC[S+](C)[O-]. The van der Waals surface area contributed by atoms with E-state index in [0.717, 1.165) is 0 Å². The van der Waals surface area contributed by atoms with Crippen LogP contribution in [0.1, 0.15) is 6.92 Å². The molecule has 7 heteroatoms. The Morgan fingerprint density at radius 2 is 2.11 bits per heavy atom. The van der Waals surface area contributed by atoms with E-state index in [9.17, 15) is 9.35 Å². The summed E-state index contributed by atoms with van der Waals surface area (Å²) in [6.07, 6.45) is 0.866. The topological polar surface area (TPSA) is 70.6 Å². The van der Waals surface area contributed by atoms with Gasteiger partial charge in [0.25, 0.3) is 5.91 Å². The van der Waals surface area contributed by atoms with Crippen molar-refractivity contribution in [2.45, 2.75) is 13.0 Å². The molecule has 0 bridgehead atoms. The molecule has 1 N–H and O–H groups in total. The van der Waals surface area contributed by atoms with Crippen LogP contribution in [0.25, 0.3) is 0 Å². The van der Waals surface area contributed by atoms with Crippen LogP contribution < -0.4 is 10.2 Å². The van der Waals surface area contributed by atoms with Gasteiger partial charge in [-0.2, -0.15) is 0 Å².